The van der Waals surface area contributed by atoms with Gasteiger partial charge in [0.2, 0.25) is 5.91 Å². The fourth-order valence-electron chi connectivity index (χ4n) is 2.86. The molecule has 7 nitrogen and oxygen atoms in total. The number of rotatable bonds is 6. The molecule has 1 amide bonds. The third kappa shape index (κ3) is 5.44. The van der Waals surface area contributed by atoms with Crippen molar-refractivity contribution >= 4 is 41.2 Å². The van der Waals surface area contributed by atoms with E-state index in [4.69, 9.17) is 16.0 Å². The largest absolute Gasteiger partial charge is 0.465 e. The molecule has 0 aliphatic rings. The van der Waals surface area contributed by atoms with Crippen LogP contribution in [-0.2, 0) is 14.3 Å². The number of carbonyl (C=O) groups is 3. The van der Waals surface area contributed by atoms with Crippen LogP contribution in [0.4, 0.5) is 5.69 Å². The van der Waals surface area contributed by atoms with Crippen molar-refractivity contribution in [2.24, 2.45) is 0 Å². The predicted molar refractivity (Wildman–Crippen MR) is 121 cm³/mol. The maximum atomic E-state index is 12.4. The van der Waals surface area contributed by atoms with Crippen LogP contribution in [0.3, 0.4) is 0 Å². The second-order valence-corrected chi connectivity index (χ2v) is 7.18. The highest BCUT2D eigenvalue weighted by atomic mass is 35.5. The molecule has 32 heavy (non-hydrogen) atoms. The molecule has 0 aliphatic carbocycles. The summed E-state index contributed by atoms with van der Waals surface area (Å²) in [4.78, 5) is 36.1. The monoisotopic (exact) mass is 453 g/mol. The quantitative estimate of drug-likeness (QED) is 0.410. The van der Waals surface area contributed by atoms with Crippen molar-refractivity contribution in [1.29, 1.82) is 0 Å². The minimum Gasteiger partial charge on any atom is -0.465 e. The number of hydrogen-bond donors (Lipinski definition) is 1. The van der Waals surface area contributed by atoms with E-state index in [0.717, 1.165) is 11.1 Å². The van der Waals surface area contributed by atoms with Crippen molar-refractivity contribution in [3.8, 4) is 11.3 Å². The van der Waals surface area contributed by atoms with Crippen LogP contribution in [0.1, 0.15) is 32.0 Å². The fourth-order valence-corrected chi connectivity index (χ4v) is 3.04. The molecule has 164 valence electrons. The zero-order chi connectivity index (χ0) is 23.3. The SMILES string of the molecule is COC(=O)c1cc(NC(=O)/C=C/c2ccc(-c3ccc(C)c(Cl)c3)o2)cc(C(=O)OC)c1. The van der Waals surface area contributed by atoms with Crippen molar-refractivity contribution in [1.82, 2.24) is 0 Å². The molecule has 1 heterocycles. The lowest BCUT2D eigenvalue weighted by molar-refractivity contribution is -0.111. The van der Waals surface area contributed by atoms with Crippen molar-refractivity contribution in [3.05, 3.63) is 82.1 Å². The summed E-state index contributed by atoms with van der Waals surface area (Å²) in [5.41, 5.74) is 2.21. The zero-order valence-corrected chi connectivity index (χ0v) is 18.4. The smallest absolute Gasteiger partial charge is 0.337 e. The number of benzene rings is 2. The highest BCUT2D eigenvalue weighted by Gasteiger charge is 2.14. The summed E-state index contributed by atoms with van der Waals surface area (Å²) in [6.07, 6.45) is 2.77. The van der Waals surface area contributed by atoms with Gasteiger partial charge in [0.15, 0.2) is 0 Å². The Kier molecular flexibility index (Phi) is 7.12. The van der Waals surface area contributed by atoms with E-state index in [1.54, 1.807) is 12.1 Å². The number of ether oxygens (including phenoxy) is 2. The molecule has 0 fully saturated rings. The van der Waals surface area contributed by atoms with E-state index in [-0.39, 0.29) is 16.8 Å². The standard InChI is InChI=1S/C24H20ClNO6/c1-14-4-5-15(13-20(14)25)21-8-6-19(32-21)7-9-22(27)26-18-11-16(23(28)30-2)10-17(12-18)24(29)31-3/h4-13H,1-3H3,(H,26,27)/b9-7+. The molecule has 0 aliphatic heterocycles. The van der Waals surface area contributed by atoms with Crippen LogP contribution in [-0.4, -0.2) is 32.1 Å². The summed E-state index contributed by atoms with van der Waals surface area (Å²) in [7, 11) is 2.44. The Labute approximate surface area is 189 Å². The molecule has 0 saturated heterocycles. The van der Waals surface area contributed by atoms with Gasteiger partial charge >= 0.3 is 11.9 Å². The summed E-state index contributed by atoms with van der Waals surface area (Å²) >= 11 is 6.16. The number of halogens is 1. The van der Waals surface area contributed by atoms with Gasteiger partial charge in [-0.1, -0.05) is 23.7 Å². The van der Waals surface area contributed by atoms with E-state index in [9.17, 15) is 14.4 Å². The minimum absolute atomic E-state index is 0.0992. The summed E-state index contributed by atoms with van der Waals surface area (Å²) in [5, 5.41) is 3.24. The summed E-state index contributed by atoms with van der Waals surface area (Å²) in [6, 6.07) is 13.2. The first-order valence-electron chi connectivity index (χ1n) is 9.48. The van der Waals surface area contributed by atoms with Crippen LogP contribution < -0.4 is 5.32 Å². The number of anilines is 1. The van der Waals surface area contributed by atoms with E-state index in [2.05, 4.69) is 14.8 Å². The number of furan rings is 1. The lowest BCUT2D eigenvalue weighted by Gasteiger charge is -2.08. The lowest BCUT2D eigenvalue weighted by atomic mass is 10.1. The topological polar surface area (TPSA) is 94.8 Å². The summed E-state index contributed by atoms with van der Waals surface area (Å²) < 4.78 is 15.1. The Morgan fingerprint density at radius 3 is 2.19 bits per heavy atom. The second kappa shape index (κ2) is 9.98. The van der Waals surface area contributed by atoms with Gasteiger partial charge in [-0.3, -0.25) is 4.79 Å². The van der Waals surface area contributed by atoms with Crippen LogP contribution in [0.5, 0.6) is 0 Å². The minimum atomic E-state index is -0.652. The van der Waals surface area contributed by atoms with Crippen molar-refractivity contribution in [2.75, 3.05) is 19.5 Å². The number of hydrogen-bond acceptors (Lipinski definition) is 6. The third-order valence-corrected chi connectivity index (χ3v) is 4.93. The Morgan fingerprint density at radius 1 is 0.938 bits per heavy atom. The Bertz CT molecular complexity index is 1180. The number of methoxy groups -OCH3 is 2. The van der Waals surface area contributed by atoms with Gasteiger partial charge in [0, 0.05) is 22.3 Å². The molecular formula is C24H20ClNO6. The molecule has 1 aromatic heterocycles. The zero-order valence-electron chi connectivity index (χ0n) is 17.6. The van der Waals surface area contributed by atoms with Gasteiger partial charge in [-0.25, -0.2) is 9.59 Å². The molecule has 0 atom stereocenters. The molecule has 8 heteroatoms. The van der Waals surface area contributed by atoms with Gasteiger partial charge in [0.1, 0.15) is 11.5 Å². The molecule has 1 N–H and O–H groups in total. The summed E-state index contributed by atoms with van der Waals surface area (Å²) in [6.45, 7) is 1.91. The first kappa shape index (κ1) is 22.8. The van der Waals surface area contributed by atoms with Gasteiger partial charge in [-0.2, -0.15) is 0 Å². The molecular weight excluding hydrogens is 434 g/mol. The molecule has 2 aromatic carbocycles. The molecule has 0 saturated carbocycles. The number of nitrogens with one attached hydrogen (secondary N) is 1. The number of esters is 2. The average Bonchev–Trinajstić information content (AvgIpc) is 3.27. The predicted octanol–water partition coefficient (Wildman–Crippen LogP) is 5.13. The highest BCUT2D eigenvalue weighted by Crippen LogP contribution is 2.27. The molecule has 3 rings (SSSR count). The fraction of sp³-hybridized carbons (Fsp3) is 0.125. The van der Waals surface area contributed by atoms with E-state index in [0.29, 0.717) is 16.5 Å². The van der Waals surface area contributed by atoms with Crippen LogP contribution in [0.15, 0.2) is 59.0 Å². The normalized spacial score (nSPS) is 10.8. The van der Waals surface area contributed by atoms with Gasteiger partial charge < -0.3 is 19.2 Å². The Balaban J connectivity index is 1.75. The molecule has 3 aromatic rings. The Morgan fingerprint density at radius 2 is 1.59 bits per heavy atom. The van der Waals surface area contributed by atoms with Gasteiger partial charge in [-0.05, 0) is 55.0 Å². The molecule has 0 radical (unpaired) electrons. The van der Waals surface area contributed by atoms with Crippen LogP contribution >= 0.6 is 11.6 Å². The molecule has 0 bridgehead atoms. The van der Waals surface area contributed by atoms with Crippen molar-refractivity contribution in [3.63, 3.8) is 0 Å². The first-order chi connectivity index (χ1) is 15.3. The van der Waals surface area contributed by atoms with Crippen LogP contribution in [0.2, 0.25) is 5.02 Å². The maximum Gasteiger partial charge on any atom is 0.337 e. The molecule has 0 unspecified atom stereocenters. The Hall–Kier alpha value is -3.84. The van der Waals surface area contributed by atoms with E-state index >= 15 is 0 Å². The number of aryl methyl sites for hydroxylation is 1. The highest BCUT2D eigenvalue weighted by molar-refractivity contribution is 6.31. The van der Waals surface area contributed by atoms with Crippen molar-refractivity contribution < 1.29 is 28.3 Å². The van der Waals surface area contributed by atoms with Crippen LogP contribution in [0.25, 0.3) is 17.4 Å². The first-order valence-corrected chi connectivity index (χ1v) is 9.85. The maximum absolute atomic E-state index is 12.4. The number of carbonyl (C=O) groups excluding carboxylic acids is 3. The van der Waals surface area contributed by atoms with Crippen LogP contribution in [0, 0.1) is 6.92 Å². The number of amides is 1. The van der Waals surface area contributed by atoms with Gasteiger partial charge in [0.25, 0.3) is 0 Å². The van der Waals surface area contributed by atoms with E-state index < -0.39 is 17.8 Å². The lowest BCUT2D eigenvalue weighted by Crippen LogP contribution is -2.12. The van der Waals surface area contributed by atoms with E-state index in [1.807, 2.05) is 25.1 Å². The molecule has 0 spiro atoms. The second-order valence-electron chi connectivity index (χ2n) is 6.77. The van der Waals surface area contributed by atoms with Crippen molar-refractivity contribution in [2.45, 2.75) is 6.92 Å². The third-order valence-electron chi connectivity index (χ3n) is 4.52. The van der Waals surface area contributed by atoms with Gasteiger partial charge in [0.05, 0.1) is 25.3 Å². The summed E-state index contributed by atoms with van der Waals surface area (Å²) in [5.74, 6) is -0.715. The van der Waals surface area contributed by atoms with E-state index in [1.165, 1.54) is 44.6 Å². The van der Waals surface area contributed by atoms with Gasteiger partial charge in [-0.15, -0.1) is 0 Å². The average molecular weight is 454 g/mol.